The van der Waals surface area contributed by atoms with Crippen molar-refractivity contribution in [3.05, 3.63) is 11.4 Å². The summed E-state index contributed by atoms with van der Waals surface area (Å²) < 4.78 is 27.2. The Kier molecular flexibility index (Phi) is 3.19. The van der Waals surface area contributed by atoms with E-state index in [9.17, 15) is 13.6 Å². The zero-order chi connectivity index (χ0) is 12.5. The van der Waals surface area contributed by atoms with Gasteiger partial charge in [0, 0.05) is 5.92 Å². The van der Waals surface area contributed by atoms with Gasteiger partial charge >= 0.3 is 0 Å². The number of halogens is 2. The van der Waals surface area contributed by atoms with Crippen LogP contribution < -0.4 is 0 Å². The Bertz CT molecular complexity index is 416. The average molecular weight is 245 g/mol. The monoisotopic (exact) mass is 245 g/mol. The number of carbonyl (C=O) groups excluding carboxylic acids is 1. The number of nitrogens with zero attached hydrogens (tertiary/aromatic N) is 3. The molecule has 0 atom stereocenters. The highest BCUT2D eigenvalue weighted by atomic mass is 19.3. The molecule has 0 spiro atoms. The third kappa shape index (κ3) is 2.33. The molecule has 0 unspecified atom stereocenters. The molecular weight excluding hydrogens is 232 g/mol. The molecule has 0 bridgehead atoms. The van der Waals surface area contributed by atoms with Gasteiger partial charge in [-0.15, -0.1) is 5.10 Å². The van der Waals surface area contributed by atoms with Crippen molar-refractivity contribution >= 4 is 6.29 Å². The molecule has 1 N–H and O–H groups in total. The highest BCUT2D eigenvalue weighted by Crippen LogP contribution is 2.37. The van der Waals surface area contributed by atoms with Gasteiger partial charge in [0.05, 0.1) is 5.69 Å². The van der Waals surface area contributed by atoms with Crippen molar-refractivity contribution in [2.24, 2.45) is 0 Å². The van der Waals surface area contributed by atoms with Gasteiger partial charge in [-0.1, -0.05) is 11.6 Å². The van der Waals surface area contributed by atoms with E-state index in [1.165, 1.54) is 0 Å². The molecule has 1 aliphatic carbocycles. The third-order valence-electron chi connectivity index (χ3n) is 3.02. The summed E-state index contributed by atoms with van der Waals surface area (Å²) in [5, 5.41) is 15.7. The second-order valence-corrected chi connectivity index (χ2v) is 4.28. The number of aromatic nitrogens is 3. The number of aliphatic hydroxyl groups is 1. The molecule has 0 aromatic carbocycles. The minimum atomic E-state index is -3.24. The summed E-state index contributed by atoms with van der Waals surface area (Å²) in [6, 6.07) is 0. The van der Waals surface area contributed by atoms with Crippen LogP contribution >= 0.6 is 0 Å². The smallest absolute Gasteiger partial charge is 0.289 e. The molecule has 1 fully saturated rings. The summed E-state index contributed by atoms with van der Waals surface area (Å²) in [5.41, 5.74) is 0.600. The molecule has 0 amide bonds. The van der Waals surface area contributed by atoms with Crippen molar-refractivity contribution in [1.29, 1.82) is 0 Å². The first-order valence-electron chi connectivity index (χ1n) is 5.44. The molecular formula is C10H13F2N3O2. The number of carbonyl (C=O) groups is 1. The maximum absolute atomic E-state index is 13.1. The van der Waals surface area contributed by atoms with Gasteiger partial charge in [0.15, 0.2) is 6.29 Å². The predicted molar refractivity (Wildman–Crippen MR) is 54.0 cm³/mol. The van der Waals surface area contributed by atoms with Gasteiger partial charge in [0.25, 0.3) is 5.92 Å². The highest BCUT2D eigenvalue weighted by Gasteiger charge is 2.34. The SMILES string of the molecule is O=Cc1nnn(CC(F)(F)CO)c1C1CCC1. The number of aldehydes is 1. The first kappa shape index (κ1) is 12.1. The summed E-state index contributed by atoms with van der Waals surface area (Å²) in [6.07, 6.45) is 3.27. The molecule has 94 valence electrons. The van der Waals surface area contributed by atoms with E-state index in [0.717, 1.165) is 23.9 Å². The van der Waals surface area contributed by atoms with Gasteiger partial charge in [0.2, 0.25) is 0 Å². The first-order valence-corrected chi connectivity index (χ1v) is 5.44. The van der Waals surface area contributed by atoms with Crippen LogP contribution in [0.15, 0.2) is 0 Å². The van der Waals surface area contributed by atoms with E-state index >= 15 is 0 Å². The fourth-order valence-electron chi connectivity index (χ4n) is 1.91. The minimum absolute atomic E-state index is 0.0830. The van der Waals surface area contributed by atoms with Crippen LogP contribution in [0.25, 0.3) is 0 Å². The van der Waals surface area contributed by atoms with Crippen LogP contribution in [-0.2, 0) is 6.54 Å². The van der Waals surface area contributed by atoms with Crippen LogP contribution in [0.4, 0.5) is 8.78 Å². The van der Waals surface area contributed by atoms with E-state index in [0.29, 0.717) is 12.0 Å². The fourth-order valence-corrected chi connectivity index (χ4v) is 1.91. The molecule has 7 heteroatoms. The topological polar surface area (TPSA) is 68.0 Å². The molecule has 1 saturated carbocycles. The maximum atomic E-state index is 13.1. The summed E-state index contributed by atoms with van der Waals surface area (Å²) in [4.78, 5) is 10.8. The quantitative estimate of drug-likeness (QED) is 0.785. The largest absolute Gasteiger partial charge is 0.390 e. The molecule has 1 heterocycles. The number of hydrogen-bond acceptors (Lipinski definition) is 4. The number of rotatable bonds is 5. The Hall–Kier alpha value is -1.37. The Morgan fingerprint density at radius 3 is 2.71 bits per heavy atom. The van der Waals surface area contributed by atoms with Crippen LogP contribution in [0.3, 0.4) is 0 Å². The lowest BCUT2D eigenvalue weighted by molar-refractivity contribution is -0.0663. The first-order chi connectivity index (χ1) is 8.07. The predicted octanol–water partition coefficient (Wildman–Crippen LogP) is 0.986. The van der Waals surface area contributed by atoms with Crippen molar-refractivity contribution in [3.8, 4) is 0 Å². The molecule has 2 rings (SSSR count). The third-order valence-corrected chi connectivity index (χ3v) is 3.02. The van der Waals surface area contributed by atoms with E-state index in [1.54, 1.807) is 0 Å². The Balaban J connectivity index is 2.27. The summed E-state index contributed by atoms with van der Waals surface area (Å²) in [7, 11) is 0. The van der Waals surface area contributed by atoms with Gasteiger partial charge in [-0.05, 0) is 12.8 Å². The second-order valence-electron chi connectivity index (χ2n) is 4.28. The van der Waals surface area contributed by atoms with E-state index in [2.05, 4.69) is 10.3 Å². The molecule has 1 aromatic rings. The van der Waals surface area contributed by atoms with Crippen LogP contribution in [0.1, 0.15) is 41.4 Å². The lowest BCUT2D eigenvalue weighted by Crippen LogP contribution is -2.30. The Morgan fingerprint density at radius 1 is 1.53 bits per heavy atom. The van der Waals surface area contributed by atoms with Gasteiger partial charge < -0.3 is 5.11 Å². The van der Waals surface area contributed by atoms with Crippen LogP contribution in [0.5, 0.6) is 0 Å². The molecule has 0 saturated heterocycles. The number of alkyl halides is 2. The van der Waals surface area contributed by atoms with E-state index in [-0.39, 0.29) is 11.6 Å². The van der Waals surface area contributed by atoms with Crippen molar-refractivity contribution in [2.45, 2.75) is 37.6 Å². The van der Waals surface area contributed by atoms with Gasteiger partial charge in [-0.25, -0.2) is 13.5 Å². The molecule has 0 aliphatic heterocycles. The van der Waals surface area contributed by atoms with Crippen LogP contribution in [0, 0.1) is 0 Å². The second kappa shape index (κ2) is 4.48. The van der Waals surface area contributed by atoms with Crippen molar-refractivity contribution < 1.29 is 18.7 Å². The number of aliphatic hydroxyl groups excluding tert-OH is 1. The zero-order valence-electron chi connectivity index (χ0n) is 9.14. The molecule has 5 nitrogen and oxygen atoms in total. The van der Waals surface area contributed by atoms with E-state index < -0.39 is 19.1 Å². The molecule has 1 aliphatic rings. The zero-order valence-corrected chi connectivity index (χ0v) is 9.14. The van der Waals surface area contributed by atoms with Crippen molar-refractivity contribution in [2.75, 3.05) is 6.61 Å². The fraction of sp³-hybridized carbons (Fsp3) is 0.700. The molecule has 0 radical (unpaired) electrons. The standard InChI is InChI=1S/C10H13F2N3O2/c11-10(12,6-17)5-15-9(7-2-1-3-7)8(4-16)13-14-15/h4,7,17H,1-3,5-6H2. The van der Waals surface area contributed by atoms with Crippen LogP contribution in [-0.4, -0.2) is 38.9 Å². The van der Waals surface area contributed by atoms with Gasteiger partial charge in [0.1, 0.15) is 18.8 Å². The van der Waals surface area contributed by atoms with Gasteiger partial charge in [-0.3, -0.25) is 4.79 Å². The lowest BCUT2D eigenvalue weighted by atomic mass is 9.82. The van der Waals surface area contributed by atoms with E-state index in [4.69, 9.17) is 5.11 Å². The van der Waals surface area contributed by atoms with E-state index in [1.807, 2.05) is 0 Å². The van der Waals surface area contributed by atoms with Gasteiger partial charge in [-0.2, -0.15) is 0 Å². The summed E-state index contributed by atoms with van der Waals surface area (Å²) in [6.45, 7) is -1.98. The molecule has 1 aromatic heterocycles. The Morgan fingerprint density at radius 2 is 2.24 bits per heavy atom. The van der Waals surface area contributed by atoms with Crippen molar-refractivity contribution in [1.82, 2.24) is 15.0 Å². The normalized spacial score (nSPS) is 16.9. The number of hydrogen-bond donors (Lipinski definition) is 1. The minimum Gasteiger partial charge on any atom is -0.390 e. The summed E-state index contributed by atoms with van der Waals surface area (Å²) in [5.74, 6) is -3.16. The summed E-state index contributed by atoms with van der Waals surface area (Å²) >= 11 is 0. The molecule has 17 heavy (non-hydrogen) atoms. The highest BCUT2D eigenvalue weighted by molar-refractivity contribution is 5.73. The van der Waals surface area contributed by atoms with Crippen LogP contribution in [0.2, 0.25) is 0 Å². The van der Waals surface area contributed by atoms with Crippen molar-refractivity contribution in [3.63, 3.8) is 0 Å². The average Bonchev–Trinajstić information content (AvgIpc) is 2.59. The Labute approximate surface area is 96.4 Å². The lowest BCUT2D eigenvalue weighted by Gasteiger charge is -2.26. The maximum Gasteiger partial charge on any atom is 0.289 e.